The highest BCUT2D eigenvalue weighted by Gasteiger charge is 2.35. The van der Waals surface area contributed by atoms with Crippen LogP contribution in [-0.4, -0.2) is 29.3 Å². The van der Waals surface area contributed by atoms with E-state index in [9.17, 15) is 18.8 Å². The van der Waals surface area contributed by atoms with Crippen LogP contribution in [0.2, 0.25) is 0 Å². The third-order valence-electron chi connectivity index (χ3n) is 5.82. The summed E-state index contributed by atoms with van der Waals surface area (Å²) >= 11 is 0. The Hall–Kier alpha value is -4.32. The van der Waals surface area contributed by atoms with E-state index in [0.717, 1.165) is 37.6 Å². The van der Waals surface area contributed by atoms with Gasteiger partial charge in [-0.1, -0.05) is 60.7 Å². The molecule has 1 heterocycles. The van der Waals surface area contributed by atoms with Gasteiger partial charge in [0.1, 0.15) is 11.4 Å². The minimum absolute atomic E-state index is 0.0667. The first-order valence-corrected chi connectivity index (χ1v) is 10.5. The molecule has 1 saturated heterocycles. The van der Waals surface area contributed by atoms with E-state index in [-0.39, 0.29) is 17.9 Å². The normalized spacial score (nSPS) is 15.5. The third-order valence-corrected chi connectivity index (χ3v) is 5.82. The van der Waals surface area contributed by atoms with E-state index in [1.54, 1.807) is 18.2 Å². The van der Waals surface area contributed by atoms with Crippen molar-refractivity contribution in [3.63, 3.8) is 0 Å². The molecular formula is C27H19FN2O3. The first-order valence-electron chi connectivity index (χ1n) is 10.5. The van der Waals surface area contributed by atoms with Crippen LogP contribution in [-0.2, 0) is 16.0 Å². The first-order chi connectivity index (χ1) is 16.0. The number of urea groups is 1. The van der Waals surface area contributed by atoms with E-state index in [4.69, 9.17) is 0 Å². The van der Waals surface area contributed by atoms with Crippen LogP contribution in [0.1, 0.15) is 11.1 Å². The molecule has 0 bridgehead atoms. The maximum Gasteiger partial charge on any atom is 0.331 e. The number of fused-ring (bicyclic) bond motifs is 2. The van der Waals surface area contributed by atoms with Gasteiger partial charge in [-0.05, 0) is 63.4 Å². The monoisotopic (exact) mass is 438 g/mol. The van der Waals surface area contributed by atoms with Gasteiger partial charge < -0.3 is 0 Å². The average molecular weight is 438 g/mol. The summed E-state index contributed by atoms with van der Waals surface area (Å²) in [6.45, 7) is 0.0667. The number of rotatable bonds is 4. The second-order valence-electron chi connectivity index (χ2n) is 7.88. The maximum atomic E-state index is 13.2. The summed E-state index contributed by atoms with van der Waals surface area (Å²) in [5, 5.41) is 6.04. The van der Waals surface area contributed by atoms with Crippen molar-refractivity contribution in [3.8, 4) is 0 Å². The number of hydrogen-bond donors (Lipinski definition) is 1. The topological polar surface area (TPSA) is 66.5 Å². The summed E-state index contributed by atoms with van der Waals surface area (Å²) in [4.78, 5) is 39.3. The Morgan fingerprint density at radius 2 is 1.42 bits per heavy atom. The highest BCUT2D eigenvalue weighted by atomic mass is 19.1. The van der Waals surface area contributed by atoms with Crippen molar-refractivity contribution >= 4 is 45.5 Å². The fourth-order valence-corrected chi connectivity index (χ4v) is 4.14. The van der Waals surface area contributed by atoms with Crippen LogP contribution >= 0.6 is 0 Å². The highest BCUT2D eigenvalue weighted by molar-refractivity contribution is 6.31. The fraction of sp³-hybridized carbons (Fsp3) is 0.0741. The number of hydrogen-bond acceptors (Lipinski definition) is 3. The van der Waals surface area contributed by atoms with Crippen molar-refractivity contribution in [2.75, 3.05) is 6.54 Å². The zero-order chi connectivity index (χ0) is 22.9. The van der Waals surface area contributed by atoms with E-state index in [1.165, 1.54) is 12.1 Å². The molecule has 0 aliphatic carbocycles. The van der Waals surface area contributed by atoms with Crippen molar-refractivity contribution in [1.29, 1.82) is 0 Å². The van der Waals surface area contributed by atoms with Crippen LogP contribution in [0.15, 0.2) is 84.4 Å². The number of carbonyl (C=O) groups excluding carboxylic acids is 3. The Balaban J connectivity index is 1.55. The van der Waals surface area contributed by atoms with Gasteiger partial charge in [0.25, 0.3) is 11.8 Å². The highest BCUT2D eigenvalue weighted by Crippen LogP contribution is 2.31. The molecule has 1 fully saturated rings. The zero-order valence-electron chi connectivity index (χ0n) is 17.5. The van der Waals surface area contributed by atoms with Gasteiger partial charge in [0.2, 0.25) is 0 Å². The summed E-state index contributed by atoms with van der Waals surface area (Å²) in [5.41, 5.74) is 1.42. The van der Waals surface area contributed by atoms with Gasteiger partial charge >= 0.3 is 6.03 Å². The van der Waals surface area contributed by atoms with Crippen molar-refractivity contribution in [2.24, 2.45) is 0 Å². The Kier molecular flexibility index (Phi) is 5.18. The minimum atomic E-state index is -0.757. The first kappa shape index (κ1) is 20.6. The Morgan fingerprint density at radius 3 is 2.06 bits per heavy atom. The lowest BCUT2D eigenvalue weighted by Crippen LogP contribution is -2.54. The second-order valence-corrected chi connectivity index (χ2v) is 7.88. The van der Waals surface area contributed by atoms with E-state index >= 15 is 0 Å². The van der Waals surface area contributed by atoms with Gasteiger partial charge in [0.15, 0.2) is 0 Å². The van der Waals surface area contributed by atoms with E-state index in [0.29, 0.717) is 6.42 Å². The van der Waals surface area contributed by atoms with Crippen LogP contribution in [0.4, 0.5) is 9.18 Å². The number of barbiturate groups is 1. The number of benzene rings is 4. The molecule has 5 rings (SSSR count). The molecule has 5 nitrogen and oxygen atoms in total. The van der Waals surface area contributed by atoms with Crippen LogP contribution in [0.25, 0.3) is 27.6 Å². The van der Waals surface area contributed by atoms with Crippen LogP contribution < -0.4 is 5.32 Å². The molecule has 0 radical (unpaired) electrons. The summed E-state index contributed by atoms with van der Waals surface area (Å²) in [6, 6.07) is 22.7. The van der Waals surface area contributed by atoms with Gasteiger partial charge in [-0.3, -0.25) is 19.8 Å². The molecule has 1 N–H and O–H groups in total. The number of carbonyl (C=O) groups is 3. The molecule has 4 aromatic rings. The van der Waals surface area contributed by atoms with Gasteiger partial charge in [0, 0.05) is 6.54 Å². The van der Waals surface area contributed by atoms with Crippen LogP contribution in [0.3, 0.4) is 0 Å². The van der Waals surface area contributed by atoms with Crippen molar-refractivity contribution in [2.45, 2.75) is 6.42 Å². The average Bonchev–Trinajstić information content (AvgIpc) is 2.82. The number of amides is 4. The molecule has 33 heavy (non-hydrogen) atoms. The zero-order valence-corrected chi connectivity index (χ0v) is 17.5. The van der Waals surface area contributed by atoms with Crippen molar-refractivity contribution < 1.29 is 18.8 Å². The lowest BCUT2D eigenvalue weighted by Gasteiger charge is -2.26. The predicted octanol–water partition coefficient (Wildman–Crippen LogP) is 4.84. The third kappa shape index (κ3) is 3.87. The summed E-state index contributed by atoms with van der Waals surface area (Å²) < 4.78 is 13.2. The molecule has 4 aromatic carbocycles. The number of nitrogens with one attached hydrogen (secondary N) is 1. The summed E-state index contributed by atoms with van der Waals surface area (Å²) in [7, 11) is 0. The Morgan fingerprint density at radius 1 is 0.818 bits per heavy atom. The van der Waals surface area contributed by atoms with Crippen molar-refractivity contribution in [1.82, 2.24) is 10.2 Å². The molecule has 0 aromatic heterocycles. The van der Waals surface area contributed by atoms with Gasteiger partial charge in [-0.2, -0.15) is 0 Å². The van der Waals surface area contributed by atoms with Crippen LogP contribution in [0.5, 0.6) is 0 Å². The molecule has 0 unspecified atom stereocenters. The fourth-order valence-electron chi connectivity index (χ4n) is 4.14. The smallest absolute Gasteiger partial charge is 0.273 e. The van der Waals surface area contributed by atoms with Gasteiger partial charge in [-0.15, -0.1) is 0 Å². The minimum Gasteiger partial charge on any atom is -0.273 e. The molecular weight excluding hydrogens is 419 g/mol. The molecule has 6 heteroatoms. The molecule has 162 valence electrons. The predicted molar refractivity (Wildman–Crippen MR) is 125 cm³/mol. The number of nitrogens with zero attached hydrogens (tertiary/aromatic N) is 1. The Labute approximate surface area is 189 Å². The van der Waals surface area contributed by atoms with Crippen molar-refractivity contribution in [3.05, 3.63) is 101 Å². The van der Waals surface area contributed by atoms with E-state index in [1.807, 2.05) is 48.5 Å². The van der Waals surface area contributed by atoms with Crippen LogP contribution in [0, 0.1) is 5.82 Å². The quantitative estimate of drug-likeness (QED) is 0.282. The molecule has 0 spiro atoms. The SMILES string of the molecule is O=C1NC(=O)N(CCc2ccc(F)cc2)C(=O)/C1=C\c1c2ccccc2cc2ccccc12. The molecule has 4 amide bonds. The summed E-state index contributed by atoms with van der Waals surface area (Å²) in [5.74, 6) is -1.73. The maximum absolute atomic E-state index is 13.2. The number of halogens is 1. The van der Waals surface area contributed by atoms with E-state index in [2.05, 4.69) is 11.4 Å². The standard InChI is InChI=1S/C27H19FN2O3/c28-20-11-9-17(10-12-20)13-14-30-26(32)24(25(31)29-27(30)33)16-23-21-7-3-1-5-18(21)15-19-6-2-4-8-22(19)23/h1-12,15-16H,13-14H2,(H,29,31,33)/b24-16-. The largest absolute Gasteiger partial charge is 0.331 e. The molecule has 0 saturated carbocycles. The molecule has 1 aliphatic rings. The second kappa shape index (κ2) is 8.31. The lowest BCUT2D eigenvalue weighted by atomic mass is 9.94. The van der Waals surface area contributed by atoms with Gasteiger partial charge in [0.05, 0.1) is 0 Å². The van der Waals surface area contributed by atoms with Gasteiger partial charge in [-0.25, -0.2) is 9.18 Å². The number of imide groups is 2. The van der Waals surface area contributed by atoms with E-state index < -0.39 is 17.8 Å². The Bertz CT molecular complexity index is 1400. The molecule has 1 aliphatic heterocycles. The summed E-state index contributed by atoms with van der Waals surface area (Å²) in [6.07, 6.45) is 1.91. The lowest BCUT2D eigenvalue weighted by molar-refractivity contribution is -0.130. The molecule has 0 atom stereocenters.